The second-order valence-corrected chi connectivity index (χ2v) is 6.51. The second kappa shape index (κ2) is 6.71. The third-order valence-electron chi connectivity index (χ3n) is 4.60. The normalized spacial score (nSPS) is 13.9. The number of aryl methyl sites for hydroxylation is 1. The van der Waals surface area contributed by atoms with Crippen LogP contribution in [0.2, 0.25) is 0 Å². The van der Waals surface area contributed by atoms with Crippen molar-refractivity contribution in [1.82, 2.24) is 14.7 Å². The quantitative estimate of drug-likeness (QED) is 0.519. The van der Waals surface area contributed by atoms with Crippen molar-refractivity contribution in [2.24, 2.45) is 0 Å². The average molecular weight is 366 g/mol. The molecule has 4 rings (SSSR count). The van der Waals surface area contributed by atoms with Crippen LogP contribution >= 0.6 is 0 Å². The van der Waals surface area contributed by atoms with E-state index in [0.29, 0.717) is 35.9 Å². The number of nitro groups is 1. The molecule has 27 heavy (non-hydrogen) atoms. The topological polar surface area (TPSA) is 94.4 Å². The number of amides is 1. The van der Waals surface area contributed by atoms with Crippen LogP contribution in [0.1, 0.15) is 29.1 Å². The highest BCUT2D eigenvalue weighted by Gasteiger charge is 2.26. The minimum Gasteiger partial charge on any atom is -0.460 e. The Morgan fingerprint density at radius 1 is 1.19 bits per heavy atom. The van der Waals surface area contributed by atoms with Crippen molar-refractivity contribution in [3.05, 3.63) is 64.0 Å². The largest absolute Gasteiger partial charge is 0.460 e. The molecule has 8 heteroatoms. The third kappa shape index (κ3) is 3.21. The van der Waals surface area contributed by atoms with Gasteiger partial charge in [0.05, 0.1) is 10.6 Å². The van der Waals surface area contributed by atoms with Gasteiger partial charge >= 0.3 is 0 Å². The molecule has 3 heterocycles. The lowest BCUT2D eigenvalue weighted by molar-refractivity contribution is -0.384. The van der Waals surface area contributed by atoms with Crippen molar-refractivity contribution >= 4 is 11.6 Å². The molecular formula is C19H18N4O4. The minimum atomic E-state index is -0.467. The molecule has 1 aliphatic heterocycles. The first-order valence-electron chi connectivity index (χ1n) is 8.74. The van der Waals surface area contributed by atoms with Crippen molar-refractivity contribution < 1.29 is 14.1 Å². The fraction of sp³-hybridized carbons (Fsp3) is 0.263. The number of non-ortho nitro benzene ring substituents is 1. The Hall–Kier alpha value is -3.42. The highest BCUT2D eigenvalue weighted by Crippen LogP contribution is 2.26. The molecular weight excluding hydrogens is 348 g/mol. The van der Waals surface area contributed by atoms with Crippen molar-refractivity contribution in [2.45, 2.75) is 19.8 Å². The van der Waals surface area contributed by atoms with Crippen LogP contribution in [0.15, 0.2) is 46.9 Å². The van der Waals surface area contributed by atoms with Gasteiger partial charge in [-0.25, -0.2) is 4.68 Å². The molecule has 138 valence electrons. The van der Waals surface area contributed by atoms with Gasteiger partial charge in [-0.15, -0.1) is 0 Å². The molecule has 1 amide bonds. The van der Waals surface area contributed by atoms with E-state index in [-0.39, 0.29) is 11.6 Å². The molecule has 1 aliphatic rings. The van der Waals surface area contributed by atoms with E-state index in [1.807, 2.05) is 13.0 Å². The molecule has 0 aliphatic carbocycles. The monoisotopic (exact) mass is 366 g/mol. The van der Waals surface area contributed by atoms with E-state index in [9.17, 15) is 14.9 Å². The van der Waals surface area contributed by atoms with Gasteiger partial charge in [0.2, 0.25) is 0 Å². The summed E-state index contributed by atoms with van der Waals surface area (Å²) in [5, 5.41) is 15.6. The number of rotatable bonds is 4. The summed E-state index contributed by atoms with van der Waals surface area (Å²) in [6, 6.07) is 11.4. The van der Waals surface area contributed by atoms with Gasteiger partial charge in [-0.05, 0) is 38.0 Å². The molecule has 0 saturated carbocycles. The molecule has 1 aromatic carbocycles. The van der Waals surface area contributed by atoms with Crippen LogP contribution in [0.3, 0.4) is 0 Å². The Kier molecular flexibility index (Phi) is 4.23. The SMILES string of the molecule is Cc1ccc(-c2cc(C(=O)N3CCCC3)n(-c3cccc([N+](=O)[O-])c3)n2)o1. The zero-order valence-electron chi connectivity index (χ0n) is 14.8. The Bertz CT molecular complexity index is 1010. The number of furan rings is 1. The van der Waals surface area contributed by atoms with Crippen LogP contribution in [0.5, 0.6) is 0 Å². The molecule has 0 unspecified atom stereocenters. The van der Waals surface area contributed by atoms with E-state index in [1.165, 1.54) is 16.8 Å². The van der Waals surface area contributed by atoms with Crippen LogP contribution in [-0.4, -0.2) is 38.6 Å². The molecule has 2 aromatic heterocycles. The van der Waals surface area contributed by atoms with Crippen LogP contribution in [0.4, 0.5) is 5.69 Å². The number of aromatic nitrogens is 2. The molecule has 0 bridgehead atoms. The molecule has 0 N–H and O–H groups in total. The summed E-state index contributed by atoms with van der Waals surface area (Å²) < 4.78 is 7.09. The predicted molar refractivity (Wildman–Crippen MR) is 97.8 cm³/mol. The number of benzene rings is 1. The summed E-state index contributed by atoms with van der Waals surface area (Å²) in [4.78, 5) is 25.5. The number of nitrogens with zero attached hydrogens (tertiary/aromatic N) is 4. The summed E-state index contributed by atoms with van der Waals surface area (Å²) >= 11 is 0. The smallest absolute Gasteiger partial charge is 0.272 e. The molecule has 3 aromatic rings. The van der Waals surface area contributed by atoms with Gasteiger partial charge in [0.1, 0.15) is 17.1 Å². The third-order valence-corrected chi connectivity index (χ3v) is 4.60. The Morgan fingerprint density at radius 3 is 2.63 bits per heavy atom. The van der Waals surface area contributed by atoms with Crippen molar-refractivity contribution in [1.29, 1.82) is 0 Å². The maximum atomic E-state index is 13.0. The highest BCUT2D eigenvalue weighted by molar-refractivity contribution is 5.94. The Labute approximate surface area is 155 Å². The van der Waals surface area contributed by atoms with Crippen molar-refractivity contribution in [2.75, 3.05) is 13.1 Å². The van der Waals surface area contributed by atoms with Crippen LogP contribution in [0.25, 0.3) is 17.1 Å². The molecule has 8 nitrogen and oxygen atoms in total. The summed E-state index contributed by atoms with van der Waals surface area (Å²) in [5.74, 6) is 1.15. The van der Waals surface area contributed by atoms with Gasteiger partial charge in [0, 0.05) is 31.3 Å². The van der Waals surface area contributed by atoms with Crippen LogP contribution < -0.4 is 0 Å². The summed E-state index contributed by atoms with van der Waals surface area (Å²) in [7, 11) is 0. The second-order valence-electron chi connectivity index (χ2n) is 6.51. The molecule has 0 radical (unpaired) electrons. The van der Waals surface area contributed by atoms with Crippen molar-refractivity contribution in [3.8, 4) is 17.1 Å². The van der Waals surface area contributed by atoms with Gasteiger partial charge in [-0.3, -0.25) is 14.9 Å². The van der Waals surface area contributed by atoms with Gasteiger partial charge in [0.15, 0.2) is 5.76 Å². The number of hydrogen-bond donors (Lipinski definition) is 0. The molecule has 1 saturated heterocycles. The van der Waals surface area contributed by atoms with Crippen molar-refractivity contribution in [3.63, 3.8) is 0 Å². The number of nitro benzene ring substituents is 1. The fourth-order valence-electron chi connectivity index (χ4n) is 3.24. The van der Waals surface area contributed by atoms with E-state index in [2.05, 4.69) is 5.10 Å². The first-order chi connectivity index (χ1) is 13.0. The van der Waals surface area contributed by atoms with Gasteiger partial charge < -0.3 is 9.32 Å². The Balaban J connectivity index is 1.83. The summed E-state index contributed by atoms with van der Waals surface area (Å²) in [5.41, 5.74) is 1.28. The van der Waals surface area contributed by atoms with Gasteiger partial charge in [0.25, 0.3) is 11.6 Å². The summed E-state index contributed by atoms with van der Waals surface area (Å²) in [6.45, 7) is 3.24. The maximum Gasteiger partial charge on any atom is 0.272 e. The zero-order valence-corrected chi connectivity index (χ0v) is 14.8. The van der Waals surface area contributed by atoms with E-state index in [0.717, 1.165) is 18.6 Å². The lowest BCUT2D eigenvalue weighted by atomic mass is 10.2. The van der Waals surface area contributed by atoms with E-state index in [4.69, 9.17) is 4.42 Å². The summed E-state index contributed by atoms with van der Waals surface area (Å²) in [6.07, 6.45) is 1.95. The maximum absolute atomic E-state index is 13.0. The van der Waals surface area contributed by atoms with Gasteiger partial charge in [-0.2, -0.15) is 5.10 Å². The predicted octanol–water partition coefficient (Wildman–Crippen LogP) is 3.58. The van der Waals surface area contributed by atoms with Crippen LogP contribution in [-0.2, 0) is 0 Å². The number of likely N-dealkylation sites (tertiary alicyclic amines) is 1. The molecule has 0 atom stereocenters. The molecule has 0 spiro atoms. The average Bonchev–Trinajstić information content (AvgIpc) is 3.41. The number of carbonyl (C=O) groups excluding carboxylic acids is 1. The fourth-order valence-corrected chi connectivity index (χ4v) is 3.24. The highest BCUT2D eigenvalue weighted by atomic mass is 16.6. The first kappa shape index (κ1) is 17.0. The Morgan fingerprint density at radius 2 is 1.96 bits per heavy atom. The standard InChI is InChI=1S/C19H18N4O4/c1-13-7-8-18(27-13)16-12-17(19(24)21-9-2-3-10-21)22(20-16)14-5-4-6-15(11-14)23(25)26/h4-8,11-12H,2-3,9-10H2,1H3. The number of carbonyl (C=O) groups is 1. The van der Waals surface area contributed by atoms with Gasteiger partial charge in [-0.1, -0.05) is 6.07 Å². The zero-order chi connectivity index (χ0) is 19.0. The van der Waals surface area contributed by atoms with E-state index in [1.54, 1.807) is 29.2 Å². The van der Waals surface area contributed by atoms with E-state index < -0.39 is 4.92 Å². The molecule has 1 fully saturated rings. The van der Waals surface area contributed by atoms with Crippen LogP contribution in [0, 0.1) is 17.0 Å². The lowest BCUT2D eigenvalue weighted by Crippen LogP contribution is -2.29. The van der Waals surface area contributed by atoms with E-state index >= 15 is 0 Å². The lowest BCUT2D eigenvalue weighted by Gasteiger charge is -2.15. The minimum absolute atomic E-state index is 0.0574. The first-order valence-corrected chi connectivity index (χ1v) is 8.74. The number of hydrogen-bond acceptors (Lipinski definition) is 5.